The molecule has 1 unspecified atom stereocenters. The van der Waals surface area contributed by atoms with Gasteiger partial charge in [-0.05, 0) is 45.3 Å². The van der Waals surface area contributed by atoms with Gasteiger partial charge in [-0.15, -0.1) is 35.3 Å². The van der Waals surface area contributed by atoms with Crippen LogP contribution in [-0.2, 0) is 4.74 Å². The van der Waals surface area contributed by atoms with Crippen LogP contribution in [0.4, 0.5) is 0 Å². The first-order valence-corrected chi connectivity index (χ1v) is 8.71. The summed E-state index contributed by atoms with van der Waals surface area (Å²) in [5, 5.41) is 9.07. The van der Waals surface area contributed by atoms with Crippen molar-refractivity contribution in [1.29, 1.82) is 0 Å². The highest BCUT2D eigenvalue weighted by Gasteiger charge is 2.34. The molecule has 7 heteroatoms. The van der Waals surface area contributed by atoms with E-state index in [-0.39, 0.29) is 35.6 Å². The first-order valence-electron chi connectivity index (χ1n) is 7.83. The summed E-state index contributed by atoms with van der Waals surface area (Å²) in [5.41, 5.74) is 0.141. The number of rotatable bonds is 5. The zero-order valence-corrected chi connectivity index (χ0v) is 17.6. The van der Waals surface area contributed by atoms with Gasteiger partial charge in [-0.25, -0.2) is 0 Å². The molecule has 0 aromatic carbocycles. The molecule has 0 radical (unpaired) electrons. The Bertz CT molecular complexity index is 472. The Kier molecular flexibility index (Phi) is 8.81. The maximum absolute atomic E-state index is 5.52. The second-order valence-corrected chi connectivity index (χ2v) is 7.02. The first kappa shape index (κ1) is 20.7. The Balaban J connectivity index is 0.00000264. The number of aliphatic imine (C=N–C) groups is 1. The van der Waals surface area contributed by atoms with Gasteiger partial charge in [0.2, 0.25) is 0 Å². The average molecular weight is 452 g/mol. The van der Waals surface area contributed by atoms with E-state index in [2.05, 4.69) is 59.1 Å². The molecule has 2 heterocycles. The van der Waals surface area contributed by atoms with Gasteiger partial charge in [0.05, 0.1) is 6.04 Å². The Labute approximate surface area is 160 Å². The number of hydrogen-bond acceptors (Lipinski definition) is 4. The fourth-order valence-electron chi connectivity index (χ4n) is 2.79. The van der Waals surface area contributed by atoms with Crippen molar-refractivity contribution in [2.75, 3.05) is 40.9 Å². The lowest BCUT2D eigenvalue weighted by atomic mass is 9.88. The van der Waals surface area contributed by atoms with Crippen LogP contribution in [0.15, 0.2) is 22.5 Å². The molecular weight excluding hydrogens is 423 g/mol. The molecule has 2 N–H and O–H groups in total. The average Bonchev–Trinajstić information content (AvgIpc) is 3.06. The first-order chi connectivity index (χ1) is 10.6. The molecule has 1 atom stereocenters. The van der Waals surface area contributed by atoms with Crippen LogP contribution >= 0.6 is 35.3 Å². The summed E-state index contributed by atoms with van der Waals surface area (Å²) in [6.07, 6.45) is 2.09. The maximum atomic E-state index is 5.52. The fraction of sp³-hybridized carbons (Fsp3) is 0.688. The van der Waals surface area contributed by atoms with Crippen molar-refractivity contribution in [3.05, 3.63) is 22.4 Å². The number of likely N-dealkylation sites (N-methyl/N-ethyl adjacent to an activating group) is 1. The van der Waals surface area contributed by atoms with Crippen LogP contribution in [0.2, 0.25) is 0 Å². The van der Waals surface area contributed by atoms with Crippen molar-refractivity contribution >= 4 is 41.3 Å². The number of ether oxygens (including phenoxy) is 1. The van der Waals surface area contributed by atoms with Crippen LogP contribution in [0.5, 0.6) is 0 Å². The monoisotopic (exact) mass is 452 g/mol. The van der Waals surface area contributed by atoms with E-state index in [0.717, 1.165) is 38.6 Å². The Morgan fingerprint density at radius 3 is 2.65 bits per heavy atom. The number of halogens is 1. The highest BCUT2D eigenvalue weighted by atomic mass is 127. The lowest BCUT2D eigenvalue weighted by molar-refractivity contribution is -0.00502. The molecule has 132 valence electrons. The normalized spacial score (nSPS) is 19.1. The summed E-state index contributed by atoms with van der Waals surface area (Å²) in [6.45, 7) is 4.70. The largest absolute Gasteiger partial charge is 0.381 e. The summed E-state index contributed by atoms with van der Waals surface area (Å²) in [7, 11) is 6.12. The van der Waals surface area contributed by atoms with E-state index in [1.807, 2.05) is 7.05 Å². The second kappa shape index (κ2) is 9.80. The Morgan fingerprint density at radius 2 is 2.13 bits per heavy atom. The van der Waals surface area contributed by atoms with Gasteiger partial charge in [0.15, 0.2) is 5.96 Å². The third kappa shape index (κ3) is 5.58. The molecule has 23 heavy (non-hydrogen) atoms. The molecule has 1 aliphatic heterocycles. The van der Waals surface area contributed by atoms with Gasteiger partial charge >= 0.3 is 0 Å². The molecule has 1 saturated heterocycles. The molecule has 5 nitrogen and oxygen atoms in total. The van der Waals surface area contributed by atoms with Crippen LogP contribution < -0.4 is 10.6 Å². The van der Waals surface area contributed by atoms with Crippen LogP contribution in [-0.4, -0.2) is 57.3 Å². The van der Waals surface area contributed by atoms with E-state index in [0.29, 0.717) is 0 Å². The molecular formula is C16H29IN4OS. The predicted molar refractivity (Wildman–Crippen MR) is 109 cm³/mol. The molecule has 1 aromatic rings. The van der Waals surface area contributed by atoms with Crippen molar-refractivity contribution in [3.63, 3.8) is 0 Å². The molecule has 0 saturated carbocycles. The topological polar surface area (TPSA) is 48.9 Å². The molecule has 2 rings (SSSR count). The molecule has 0 aliphatic carbocycles. The van der Waals surface area contributed by atoms with Gasteiger partial charge in [-0.3, -0.25) is 4.99 Å². The number of nitrogens with zero attached hydrogens (tertiary/aromatic N) is 2. The summed E-state index contributed by atoms with van der Waals surface area (Å²) in [6, 6.07) is 4.49. The second-order valence-electron chi connectivity index (χ2n) is 6.04. The fourth-order valence-corrected chi connectivity index (χ4v) is 3.52. The van der Waals surface area contributed by atoms with Crippen molar-refractivity contribution in [2.45, 2.75) is 31.3 Å². The standard InChI is InChI=1S/C16H28N4OS.HI/c1-13(14-6-5-11-22-14)19-15(17-2)18-12-16(20(3)4)7-9-21-10-8-16;/h5-6,11,13H,7-10,12H2,1-4H3,(H2,17,18,19);1H. The van der Waals surface area contributed by atoms with E-state index in [1.165, 1.54) is 4.88 Å². The van der Waals surface area contributed by atoms with Crippen LogP contribution in [0, 0.1) is 0 Å². The van der Waals surface area contributed by atoms with E-state index in [1.54, 1.807) is 11.3 Å². The van der Waals surface area contributed by atoms with Crippen molar-refractivity contribution in [2.24, 2.45) is 4.99 Å². The highest BCUT2D eigenvalue weighted by Crippen LogP contribution is 2.25. The van der Waals surface area contributed by atoms with Crippen molar-refractivity contribution in [3.8, 4) is 0 Å². The Morgan fingerprint density at radius 1 is 1.43 bits per heavy atom. The van der Waals surface area contributed by atoms with E-state index >= 15 is 0 Å². The van der Waals surface area contributed by atoms with E-state index in [4.69, 9.17) is 4.74 Å². The Hall–Kier alpha value is -0.380. The summed E-state index contributed by atoms with van der Waals surface area (Å²) in [5.74, 6) is 0.855. The molecule has 0 spiro atoms. The maximum Gasteiger partial charge on any atom is 0.191 e. The van der Waals surface area contributed by atoms with Gasteiger partial charge in [-0.1, -0.05) is 6.07 Å². The summed E-state index contributed by atoms with van der Waals surface area (Å²) in [4.78, 5) is 8.00. The minimum absolute atomic E-state index is 0. The lowest BCUT2D eigenvalue weighted by Gasteiger charge is -2.43. The number of thiophene rings is 1. The van der Waals surface area contributed by atoms with Gasteiger partial charge < -0.3 is 20.3 Å². The minimum Gasteiger partial charge on any atom is -0.381 e. The van der Waals surface area contributed by atoms with Crippen LogP contribution in [0.3, 0.4) is 0 Å². The van der Waals surface area contributed by atoms with Crippen LogP contribution in [0.25, 0.3) is 0 Å². The van der Waals surface area contributed by atoms with E-state index in [9.17, 15) is 0 Å². The SMILES string of the molecule is CN=C(NCC1(N(C)C)CCOCC1)NC(C)c1cccs1.I. The molecule has 1 aromatic heterocycles. The summed E-state index contributed by atoms with van der Waals surface area (Å²) >= 11 is 1.76. The molecule has 1 aliphatic rings. The highest BCUT2D eigenvalue weighted by molar-refractivity contribution is 14.0. The van der Waals surface area contributed by atoms with Crippen molar-refractivity contribution in [1.82, 2.24) is 15.5 Å². The minimum atomic E-state index is 0. The third-order valence-corrected chi connectivity index (χ3v) is 5.56. The number of hydrogen-bond donors (Lipinski definition) is 2. The predicted octanol–water partition coefficient (Wildman–Crippen LogP) is 2.70. The third-order valence-electron chi connectivity index (χ3n) is 4.50. The quantitative estimate of drug-likeness (QED) is 0.410. The number of nitrogens with one attached hydrogen (secondary N) is 2. The van der Waals surface area contributed by atoms with Crippen molar-refractivity contribution < 1.29 is 4.74 Å². The zero-order chi connectivity index (χ0) is 16.0. The van der Waals surface area contributed by atoms with Gasteiger partial charge in [0.25, 0.3) is 0 Å². The number of guanidine groups is 1. The zero-order valence-electron chi connectivity index (χ0n) is 14.5. The molecule has 0 bridgehead atoms. The smallest absolute Gasteiger partial charge is 0.191 e. The summed E-state index contributed by atoms with van der Waals surface area (Å²) < 4.78 is 5.52. The van der Waals surface area contributed by atoms with Gasteiger partial charge in [0.1, 0.15) is 0 Å². The van der Waals surface area contributed by atoms with Gasteiger partial charge in [-0.2, -0.15) is 0 Å². The van der Waals surface area contributed by atoms with E-state index < -0.39 is 0 Å². The van der Waals surface area contributed by atoms with Crippen LogP contribution in [0.1, 0.15) is 30.7 Å². The molecule has 1 fully saturated rings. The molecule has 0 amide bonds. The van der Waals surface area contributed by atoms with Gasteiger partial charge in [0, 0.05) is 37.2 Å². The lowest BCUT2D eigenvalue weighted by Crippen LogP contribution is -2.57.